The van der Waals surface area contributed by atoms with E-state index in [2.05, 4.69) is 4.98 Å². The van der Waals surface area contributed by atoms with E-state index in [1.54, 1.807) is 6.92 Å². The minimum Gasteiger partial charge on any atom is -0.491 e. The number of aromatic nitrogens is 3. The van der Waals surface area contributed by atoms with Gasteiger partial charge in [-0.2, -0.15) is 0 Å². The van der Waals surface area contributed by atoms with Crippen molar-refractivity contribution in [1.29, 1.82) is 0 Å². The average Bonchev–Trinajstić information content (AvgIpc) is 3.42. The Labute approximate surface area is 205 Å². The Morgan fingerprint density at radius 3 is 2.60 bits per heavy atom. The molecule has 0 radical (unpaired) electrons. The lowest BCUT2D eigenvalue weighted by Gasteiger charge is -2.23. The van der Waals surface area contributed by atoms with Crippen LogP contribution in [0.4, 0.5) is 0 Å². The first kappa shape index (κ1) is 24.5. The number of rotatable bonds is 8. The Balaban J connectivity index is 1.94. The number of hydrogen-bond donors (Lipinski definition) is 1. The number of nitrogens with zero attached hydrogens (tertiary/aromatic N) is 3. The Morgan fingerprint density at radius 1 is 1.26 bits per heavy atom. The molecule has 0 aliphatic carbocycles. The zero-order valence-corrected chi connectivity index (χ0v) is 21.0. The SMILES string of the molecule is Cc1c(-c2ncco2)sc2c1c(=O)n(C(C)(C)C(=O)O)c(=O)n2CCc1ccccc1OC(C)C. The second-order valence-corrected chi connectivity index (χ2v) is 10.0. The quantitative estimate of drug-likeness (QED) is 0.390. The van der Waals surface area contributed by atoms with Crippen molar-refractivity contribution in [3.8, 4) is 16.5 Å². The number of benzene rings is 1. The number of oxazole rings is 1. The number of thiophene rings is 1. The molecule has 1 aromatic carbocycles. The zero-order valence-electron chi connectivity index (χ0n) is 20.2. The highest BCUT2D eigenvalue weighted by Gasteiger charge is 2.35. The Morgan fingerprint density at radius 2 is 1.97 bits per heavy atom. The van der Waals surface area contributed by atoms with E-state index in [1.165, 1.54) is 42.2 Å². The van der Waals surface area contributed by atoms with E-state index in [0.29, 0.717) is 33.3 Å². The summed E-state index contributed by atoms with van der Waals surface area (Å²) in [5, 5.41) is 10.1. The highest BCUT2D eigenvalue weighted by molar-refractivity contribution is 7.22. The number of fused-ring (bicyclic) bond motifs is 1. The molecule has 4 aromatic rings. The number of aryl methyl sites for hydroxylation is 3. The summed E-state index contributed by atoms with van der Waals surface area (Å²) in [7, 11) is 0. The average molecular weight is 498 g/mol. The third kappa shape index (κ3) is 4.29. The van der Waals surface area contributed by atoms with Gasteiger partial charge in [0.15, 0.2) is 0 Å². The standard InChI is InChI=1S/C25H27N3O6S/c1-14(2)34-17-9-7-6-8-16(17)10-12-27-22-18(15(3)19(35-22)20-26-11-13-33-20)21(29)28(24(27)32)25(4,5)23(30)31/h6-9,11,13-14H,10,12H2,1-5H3,(H,30,31). The van der Waals surface area contributed by atoms with Crippen molar-refractivity contribution in [3.63, 3.8) is 0 Å². The molecule has 184 valence electrons. The molecule has 0 fully saturated rings. The van der Waals surface area contributed by atoms with E-state index >= 15 is 0 Å². The first-order chi connectivity index (χ1) is 16.5. The molecule has 0 amide bonds. The van der Waals surface area contributed by atoms with E-state index in [0.717, 1.165) is 10.1 Å². The fourth-order valence-corrected chi connectivity index (χ4v) is 5.24. The monoisotopic (exact) mass is 497 g/mol. The van der Waals surface area contributed by atoms with E-state index in [4.69, 9.17) is 9.15 Å². The van der Waals surface area contributed by atoms with E-state index in [9.17, 15) is 19.5 Å². The lowest BCUT2D eigenvalue weighted by Crippen LogP contribution is -2.52. The molecule has 0 saturated heterocycles. The van der Waals surface area contributed by atoms with Gasteiger partial charge in [0.2, 0.25) is 5.89 Å². The Kier molecular flexibility index (Phi) is 6.42. The summed E-state index contributed by atoms with van der Waals surface area (Å²) in [6.45, 7) is 8.53. The highest BCUT2D eigenvalue weighted by atomic mass is 32.1. The predicted molar refractivity (Wildman–Crippen MR) is 133 cm³/mol. The second kappa shape index (κ2) is 9.18. The minimum atomic E-state index is -1.75. The van der Waals surface area contributed by atoms with Gasteiger partial charge in [-0.1, -0.05) is 18.2 Å². The van der Waals surface area contributed by atoms with Crippen molar-refractivity contribution >= 4 is 27.5 Å². The normalized spacial score (nSPS) is 11.9. The Hall–Kier alpha value is -3.66. The summed E-state index contributed by atoms with van der Waals surface area (Å²) in [5.74, 6) is -0.227. The van der Waals surface area contributed by atoms with Gasteiger partial charge in [-0.25, -0.2) is 19.1 Å². The molecule has 0 unspecified atom stereocenters. The maximum atomic E-state index is 13.6. The molecule has 0 spiro atoms. The van der Waals surface area contributed by atoms with Crippen LogP contribution < -0.4 is 16.0 Å². The summed E-state index contributed by atoms with van der Waals surface area (Å²) < 4.78 is 13.7. The van der Waals surface area contributed by atoms with Crippen LogP contribution in [0.2, 0.25) is 0 Å². The number of carboxylic acid groups (broad SMARTS) is 1. The van der Waals surface area contributed by atoms with Gasteiger partial charge in [-0.15, -0.1) is 11.3 Å². The molecule has 1 N–H and O–H groups in total. The summed E-state index contributed by atoms with van der Waals surface area (Å²) in [6, 6.07) is 7.57. The number of hydrogen-bond acceptors (Lipinski definition) is 7. The van der Waals surface area contributed by atoms with Gasteiger partial charge in [-0.3, -0.25) is 9.36 Å². The maximum absolute atomic E-state index is 13.6. The van der Waals surface area contributed by atoms with Gasteiger partial charge in [-0.05, 0) is 58.2 Å². The van der Waals surface area contributed by atoms with E-state index < -0.39 is 22.8 Å². The molecule has 4 rings (SSSR count). The number of ether oxygens (including phenoxy) is 1. The van der Waals surface area contributed by atoms with Crippen LogP contribution in [-0.4, -0.2) is 31.3 Å². The van der Waals surface area contributed by atoms with Gasteiger partial charge in [0.25, 0.3) is 5.56 Å². The van der Waals surface area contributed by atoms with Crippen molar-refractivity contribution in [2.75, 3.05) is 0 Å². The maximum Gasteiger partial charge on any atom is 0.333 e. The van der Waals surface area contributed by atoms with Crippen LogP contribution in [0.1, 0.15) is 38.8 Å². The van der Waals surface area contributed by atoms with Crippen molar-refractivity contribution in [2.45, 2.75) is 59.2 Å². The summed E-state index contributed by atoms with van der Waals surface area (Å²) in [4.78, 5) is 44.5. The summed E-state index contributed by atoms with van der Waals surface area (Å²) in [5.41, 5.74) is -1.59. The van der Waals surface area contributed by atoms with Crippen LogP contribution in [0.15, 0.2) is 50.7 Å². The molecule has 0 bridgehead atoms. The third-order valence-electron chi connectivity index (χ3n) is 5.86. The summed E-state index contributed by atoms with van der Waals surface area (Å²) in [6.07, 6.45) is 3.36. The fraction of sp³-hybridized carbons (Fsp3) is 0.360. The van der Waals surface area contributed by atoms with Crippen LogP contribution in [-0.2, 0) is 23.3 Å². The van der Waals surface area contributed by atoms with Crippen LogP contribution in [0, 0.1) is 6.92 Å². The fourth-order valence-electron chi connectivity index (χ4n) is 3.98. The molecule has 3 aromatic heterocycles. The lowest BCUT2D eigenvalue weighted by molar-refractivity contribution is -0.146. The van der Waals surface area contributed by atoms with Crippen molar-refractivity contribution in [1.82, 2.24) is 14.1 Å². The first-order valence-electron chi connectivity index (χ1n) is 11.2. The number of carbonyl (C=O) groups is 1. The van der Waals surface area contributed by atoms with Gasteiger partial charge < -0.3 is 14.3 Å². The number of aliphatic carboxylic acids is 1. The first-order valence-corrected chi connectivity index (χ1v) is 12.0. The smallest absolute Gasteiger partial charge is 0.333 e. The summed E-state index contributed by atoms with van der Waals surface area (Å²) >= 11 is 1.23. The van der Waals surface area contributed by atoms with E-state index in [-0.39, 0.29) is 18.0 Å². The molecule has 0 saturated carbocycles. The molecule has 0 aliphatic heterocycles. The second-order valence-electron chi connectivity index (χ2n) is 9.04. The van der Waals surface area contributed by atoms with Crippen LogP contribution in [0.3, 0.4) is 0 Å². The van der Waals surface area contributed by atoms with E-state index in [1.807, 2.05) is 38.1 Å². The zero-order chi connectivity index (χ0) is 25.5. The van der Waals surface area contributed by atoms with Gasteiger partial charge >= 0.3 is 11.7 Å². The van der Waals surface area contributed by atoms with Crippen molar-refractivity contribution in [3.05, 3.63) is 68.7 Å². The van der Waals surface area contributed by atoms with Crippen LogP contribution >= 0.6 is 11.3 Å². The molecule has 35 heavy (non-hydrogen) atoms. The topological polar surface area (TPSA) is 117 Å². The van der Waals surface area contributed by atoms with Gasteiger partial charge in [0, 0.05) is 6.54 Å². The van der Waals surface area contributed by atoms with Crippen molar-refractivity contribution < 1.29 is 19.1 Å². The highest BCUT2D eigenvalue weighted by Crippen LogP contribution is 2.36. The minimum absolute atomic E-state index is 0.0212. The molecular weight excluding hydrogens is 470 g/mol. The molecule has 10 heteroatoms. The molecule has 0 atom stereocenters. The molecule has 9 nitrogen and oxygen atoms in total. The third-order valence-corrected chi connectivity index (χ3v) is 7.16. The molecule has 3 heterocycles. The largest absolute Gasteiger partial charge is 0.491 e. The van der Waals surface area contributed by atoms with Gasteiger partial charge in [0.1, 0.15) is 22.4 Å². The predicted octanol–water partition coefficient (Wildman–Crippen LogP) is 4.04. The molecular formula is C25H27N3O6S. The van der Waals surface area contributed by atoms with Crippen LogP contribution in [0.25, 0.3) is 21.0 Å². The van der Waals surface area contributed by atoms with Gasteiger partial charge in [0.05, 0.1) is 22.6 Å². The lowest BCUT2D eigenvalue weighted by atomic mass is 10.1. The Bertz CT molecular complexity index is 1510. The van der Waals surface area contributed by atoms with Crippen molar-refractivity contribution in [2.24, 2.45) is 0 Å². The number of carboxylic acids is 1. The number of para-hydroxylation sites is 1. The molecule has 0 aliphatic rings. The van der Waals surface area contributed by atoms with Crippen LogP contribution in [0.5, 0.6) is 5.75 Å².